The molecule has 19 heavy (non-hydrogen) atoms. The van der Waals surface area contributed by atoms with Crippen molar-refractivity contribution in [1.29, 1.82) is 0 Å². The number of nitrogens with zero attached hydrogens (tertiary/aromatic N) is 1. The summed E-state index contributed by atoms with van der Waals surface area (Å²) in [4.78, 5) is 13.9. The molecule has 1 heterocycles. The predicted molar refractivity (Wildman–Crippen MR) is 77.2 cm³/mol. The van der Waals surface area contributed by atoms with Crippen LogP contribution in [0.2, 0.25) is 0 Å². The lowest BCUT2D eigenvalue weighted by Gasteiger charge is -2.24. The van der Waals surface area contributed by atoms with Gasteiger partial charge in [-0.2, -0.15) is 0 Å². The summed E-state index contributed by atoms with van der Waals surface area (Å²) in [6.07, 6.45) is 3.38. The van der Waals surface area contributed by atoms with Crippen LogP contribution in [0.4, 0.5) is 0 Å². The molecule has 0 bridgehead atoms. The van der Waals surface area contributed by atoms with Crippen LogP contribution in [0.5, 0.6) is 0 Å². The third-order valence-electron chi connectivity index (χ3n) is 3.87. The Bertz CT molecular complexity index is 255. The lowest BCUT2D eigenvalue weighted by Crippen LogP contribution is -2.39. The van der Waals surface area contributed by atoms with Crippen LogP contribution in [0.1, 0.15) is 33.1 Å². The monoisotopic (exact) mass is 271 g/mol. The van der Waals surface area contributed by atoms with Crippen molar-refractivity contribution < 1.29 is 9.53 Å². The number of rotatable bonds is 8. The number of piperidine rings is 1. The molecule has 0 aromatic heterocycles. The van der Waals surface area contributed by atoms with Gasteiger partial charge in [-0.1, -0.05) is 6.92 Å². The number of nitrogens with one attached hydrogen (secondary N) is 2. The maximum atomic E-state index is 11.6. The van der Waals surface area contributed by atoms with Crippen molar-refractivity contribution >= 4 is 5.91 Å². The zero-order valence-electron chi connectivity index (χ0n) is 12.6. The van der Waals surface area contributed by atoms with E-state index in [4.69, 9.17) is 4.74 Å². The van der Waals surface area contributed by atoms with Crippen molar-refractivity contribution in [3.05, 3.63) is 0 Å². The fraction of sp³-hybridized carbons (Fsp3) is 0.929. The molecule has 112 valence electrons. The molecule has 0 aromatic rings. The first-order valence-electron chi connectivity index (χ1n) is 7.42. The van der Waals surface area contributed by atoms with Crippen LogP contribution in [0, 0.1) is 0 Å². The molecule has 1 saturated heterocycles. The minimum Gasteiger partial charge on any atom is -0.368 e. The average molecular weight is 271 g/mol. The van der Waals surface area contributed by atoms with Gasteiger partial charge in [0, 0.05) is 19.1 Å². The van der Waals surface area contributed by atoms with Crippen LogP contribution in [0.15, 0.2) is 0 Å². The second kappa shape index (κ2) is 9.28. The summed E-state index contributed by atoms with van der Waals surface area (Å²) in [5, 5.41) is 6.19. The smallest absolute Gasteiger partial charge is 0.246 e. The third kappa shape index (κ3) is 6.89. The molecule has 1 aliphatic heterocycles. The van der Waals surface area contributed by atoms with E-state index in [1.165, 1.54) is 0 Å². The SMILES string of the molecule is CCC(C)N(C)CCNC(=O)COC1CCNCC1. The van der Waals surface area contributed by atoms with Gasteiger partial charge in [-0.25, -0.2) is 0 Å². The largest absolute Gasteiger partial charge is 0.368 e. The summed E-state index contributed by atoms with van der Waals surface area (Å²) in [6.45, 7) is 8.12. The molecule has 1 aliphatic rings. The molecule has 2 N–H and O–H groups in total. The molecular formula is C14H29N3O2. The predicted octanol–water partition coefficient (Wildman–Crippen LogP) is 0.602. The Balaban J connectivity index is 2.04. The highest BCUT2D eigenvalue weighted by Gasteiger charge is 2.14. The lowest BCUT2D eigenvalue weighted by molar-refractivity contribution is -0.128. The maximum absolute atomic E-state index is 11.6. The average Bonchev–Trinajstić information content (AvgIpc) is 2.45. The van der Waals surface area contributed by atoms with Crippen LogP contribution in [0.3, 0.4) is 0 Å². The number of carbonyl (C=O) groups is 1. The molecule has 0 aliphatic carbocycles. The van der Waals surface area contributed by atoms with E-state index in [0.29, 0.717) is 12.6 Å². The number of carbonyl (C=O) groups excluding carboxylic acids is 1. The van der Waals surface area contributed by atoms with Crippen molar-refractivity contribution in [2.24, 2.45) is 0 Å². The molecule has 0 aromatic carbocycles. The molecule has 1 rings (SSSR count). The molecule has 1 amide bonds. The van der Waals surface area contributed by atoms with E-state index in [0.717, 1.165) is 38.9 Å². The van der Waals surface area contributed by atoms with Gasteiger partial charge >= 0.3 is 0 Å². The second-order valence-electron chi connectivity index (χ2n) is 5.35. The normalized spacial score (nSPS) is 18.5. The quantitative estimate of drug-likeness (QED) is 0.679. The van der Waals surface area contributed by atoms with Crippen LogP contribution in [-0.4, -0.2) is 62.8 Å². The summed E-state index contributed by atoms with van der Waals surface area (Å²) in [5.41, 5.74) is 0. The van der Waals surface area contributed by atoms with Crippen molar-refractivity contribution in [3.8, 4) is 0 Å². The molecule has 0 saturated carbocycles. The van der Waals surface area contributed by atoms with Gasteiger partial charge in [0.2, 0.25) is 5.91 Å². The van der Waals surface area contributed by atoms with E-state index in [1.807, 2.05) is 0 Å². The van der Waals surface area contributed by atoms with Gasteiger partial charge in [0.1, 0.15) is 6.61 Å². The number of hydrogen-bond donors (Lipinski definition) is 2. The van der Waals surface area contributed by atoms with E-state index in [1.54, 1.807) is 0 Å². The van der Waals surface area contributed by atoms with Gasteiger partial charge < -0.3 is 20.3 Å². The summed E-state index contributed by atoms with van der Waals surface area (Å²) in [6, 6.07) is 0.558. The number of likely N-dealkylation sites (N-methyl/N-ethyl adjacent to an activating group) is 1. The van der Waals surface area contributed by atoms with Gasteiger partial charge in [-0.05, 0) is 46.3 Å². The standard InChI is InChI=1S/C14H29N3O2/c1-4-12(2)17(3)10-9-16-14(18)11-19-13-5-7-15-8-6-13/h12-13,15H,4-11H2,1-3H3,(H,16,18). The number of amides is 1. The molecular weight excluding hydrogens is 242 g/mol. The van der Waals surface area contributed by atoms with E-state index >= 15 is 0 Å². The summed E-state index contributed by atoms with van der Waals surface area (Å²) in [7, 11) is 2.09. The Morgan fingerprint density at radius 3 is 2.79 bits per heavy atom. The van der Waals surface area contributed by atoms with E-state index in [-0.39, 0.29) is 18.6 Å². The molecule has 1 atom stereocenters. The Morgan fingerprint density at radius 2 is 2.16 bits per heavy atom. The van der Waals surface area contributed by atoms with Gasteiger partial charge in [0.15, 0.2) is 0 Å². The van der Waals surface area contributed by atoms with Gasteiger partial charge in [-0.15, -0.1) is 0 Å². The Kier molecular flexibility index (Phi) is 8.02. The topological polar surface area (TPSA) is 53.6 Å². The van der Waals surface area contributed by atoms with Crippen LogP contribution in [-0.2, 0) is 9.53 Å². The van der Waals surface area contributed by atoms with E-state index < -0.39 is 0 Å². The first-order chi connectivity index (χ1) is 9.13. The summed E-state index contributed by atoms with van der Waals surface area (Å²) in [5.74, 6) is -0.00363. The van der Waals surface area contributed by atoms with Gasteiger partial charge in [0.05, 0.1) is 6.10 Å². The minimum atomic E-state index is -0.00363. The van der Waals surface area contributed by atoms with Crippen LogP contribution in [0.25, 0.3) is 0 Å². The molecule has 0 radical (unpaired) electrons. The van der Waals surface area contributed by atoms with E-state index in [9.17, 15) is 4.79 Å². The van der Waals surface area contributed by atoms with Crippen molar-refractivity contribution in [1.82, 2.24) is 15.5 Å². The first kappa shape index (κ1) is 16.4. The summed E-state index contributed by atoms with van der Waals surface area (Å²) < 4.78 is 5.61. The molecule has 5 heteroatoms. The zero-order valence-corrected chi connectivity index (χ0v) is 12.6. The highest BCUT2D eigenvalue weighted by atomic mass is 16.5. The Hall–Kier alpha value is -0.650. The molecule has 0 spiro atoms. The summed E-state index contributed by atoms with van der Waals surface area (Å²) >= 11 is 0. The van der Waals surface area contributed by atoms with E-state index in [2.05, 4.69) is 36.4 Å². The number of hydrogen-bond acceptors (Lipinski definition) is 4. The van der Waals surface area contributed by atoms with Crippen LogP contribution >= 0.6 is 0 Å². The highest BCUT2D eigenvalue weighted by molar-refractivity contribution is 5.77. The zero-order chi connectivity index (χ0) is 14.1. The van der Waals surface area contributed by atoms with Crippen molar-refractivity contribution in [2.75, 3.05) is 39.8 Å². The van der Waals surface area contributed by atoms with Crippen LogP contribution < -0.4 is 10.6 Å². The van der Waals surface area contributed by atoms with Crippen molar-refractivity contribution in [3.63, 3.8) is 0 Å². The minimum absolute atomic E-state index is 0.00363. The molecule has 1 unspecified atom stereocenters. The highest BCUT2D eigenvalue weighted by Crippen LogP contribution is 2.06. The van der Waals surface area contributed by atoms with Gasteiger partial charge in [-0.3, -0.25) is 4.79 Å². The fourth-order valence-corrected chi connectivity index (χ4v) is 2.11. The first-order valence-corrected chi connectivity index (χ1v) is 7.42. The molecule has 5 nitrogen and oxygen atoms in total. The maximum Gasteiger partial charge on any atom is 0.246 e. The number of ether oxygens (including phenoxy) is 1. The van der Waals surface area contributed by atoms with Crippen molar-refractivity contribution in [2.45, 2.75) is 45.3 Å². The molecule has 1 fully saturated rings. The third-order valence-corrected chi connectivity index (χ3v) is 3.87. The lowest BCUT2D eigenvalue weighted by atomic mass is 10.1. The van der Waals surface area contributed by atoms with Gasteiger partial charge in [0.25, 0.3) is 0 Å². The second-order valence-corrected chi connectivity index (χ2v) is 5.35. The Labute approximate surface area is 117 Å². The fourth-order valence-electron chi connectivity index (χ4n) is 2.11. The Morgan fingerprint density at radius 1 is 1.47 bits per heavy atom.